The molecule has 0 unspecified atom stereocenters. The van der Waals surface area contributed by atoms with Gasteiger partial charge < -0.3 is 4.90 Å². The van der Waals surface area contributed by atoms with Gasteiger partial charge in [-0.3, -0.25) is 13.9 Å². The third kappa shape index (κ3) is 4.94. The van der Waals surface area contributed by atoms with Crippen LogP contribution in [0.4, 0.5) is 5.69 Å². The number of aryl methyl sites for hydroxylation is 3. The largest absolute Gasteiger partial charge is 0.307 e. The number of carbonyl (C=O) groups is 2. The van der Waals surface area contributed by atoms with Crippen molar-refractivity contribution in [3.63, 3.8) is 0 Å². The summed E-state index contributed by atoms with van der Waals surface area (Å²) in [7, 11) is -4.12. The molecule has 6 nitrogen and oxygen atoms in total. The van der Waals surface area contributed by atoms with Crippen molar-refractivity contribution in [2.45, 2.75) is 44.6 Å². The van der Waals surface area contributed by atoms with Crippen LogP contribution in [0, 0.1) is 26.7 Å². The first-order valence-electron chi connectivity index (χ1n) is 14.5. The van der Waals surface area contributed by atoms with E-state index in [1.807, 2.05) is 45.0 Å². The van der Waals surface area contributed by atoms with Crippen LogP contribution in [0.5, 0.6) is 0 Å². The molecule has 1 spiro atoms. The zero-order valence-electron chi connectivity index (χ0n) is 25.0. The first-order chi connectivity index (χ1) is 20.9. The molecule has 2 atom stereocenters. The van der Waals surface area contributed by atoms with Crippen molar-refractivity contribution in [2.24, 2.45) is 5.92 Å². The minimum Gasteiger partial charge on any atom is -0.307 e. The van der Waals surface area contributed by atoms with Gasteiger partial charge in [0.15, 0.2) is 0 Å². The predicted molar refractivity (Wildman–Crippen MR) is 174 cm³/mol. The van der Waals surface area contributed by atoms with Crippen LogP contribution in [0.15, 0.2) is 102 Å². The van der Waals surface area contributed by atoms with Gasteiger partial charge in [0, 0.05) is 22.8 Å². The molecule has 2 aliphatic rings. The zero-order valence-corrected chi connectivity index (χ0v) is 26.6. The number of anilines is 1. The highest BCUT2D eigenvalue weighted by Crippen LogP contribution is 2.53. The lowest BCUT2D eigenvalue weighted by molar-refractivity contribution is -0.131. The molecule has 4 aromatic carbocycles. The molecule has 0 bridgehead atoms. The summed E-state index contributed by atoms with van der Waals surface area (Å²) in [5.41, 5.74) is 4.89. The summed E-state index contributed by atoms with van der Waals surface area (Å²) in [6, 6.07) is 27.2. The quantitative estimate of drug-likeness (QED) is 0.232. The Morgan fingerprint density at radius 1 is 0.886 bits per heavy atom. The molecule has 2 heterocycles. The van der Waals surface area contributed by atoms with Crippen LogP contribution in [0.1, 0.15) is 40.3 Å². The number of halogens is 1. The number of benzene rings is 4. The lowest BCUT2D eigenvalue weighted by atomic mass is 9.67. The van der Waals surface area contributed by atoms with Gasteiger partial charge in [-0.15, -0.1) is 0 Å². The maximum atomic E-state index is 14.9. The maximum Gasteiger partial charge on any atom is 0.264 e. The summed E-state index contributed by atoms with van der Waals surface area (Å²) in [6.45, 7) is 7.47. The molecule has 0 saturated carbocycles. The van der Waals surface area contributed by atoms with Crippen LogP contribution in [-0.2, 0) is 31.6 Å². The van der Waals surface area contributed by atoms with Crippen molar-refractivity contribution in [1.29, 1.82) is 0 Å². The number of Topliss-reactive ketones (excluding diaryl/α,β-unsaturated/α-hetero) is 1. The number of sulfonamides is 1. The van der Waals surface area contributed by atoms with Crippen molar-refractivity contribution < 1.29 is 18.0 Å². The van der Waals surface area contributed by atoms with E-state index in [1.165, 1.54) is 11.2 Å². The number of hydrogen-bond donors (Lipinski definition) is 0. The third-order valence-corrected chi connectivity index (χ3v) is 10.6. The number of para-hydroxylation sites is 1. The van der Waals surface area contributed by atoms with Crippen LogP contribution in [-0.4, -0.2) is 31.0 Å². The van der Waals surface area contributed by atoms with E-state index in [-0.39, 0.29) is 23.1 Å². The molecule has 44 heavy (non-hydrogen) atoms. The molecular weight excluding hydrogens is 592 g/mol. The van der Waals surface area contributed by atoms with Gasteiger partial charge in [-0.1, -0.05) is 89.0 Å². The van der Waals surface area contributed by atoms with Crippen molar-refractivity contribution in [3.05, 3.63) is 135 Å². The first-order valence-corrected chi connectivity index (χ1v) is 16.3. The monoisotopic (exact) mass is 624 g/mol. The van der Waals surface area contributed by atoms with E-state index < -0.39 is 21.4 Å². The van der Waals surface area contributed by atoms with E-state index in [9.17, 15) is 18.0 Å². The van der Waals surface area contributed by atoms with Gasteiger partial charge in [-0.05, 0) is 75.2 Å². The standard InChI is InChI=1S/C36H33ClN2O4S/c1-23-12-14-30(15-13-23)44(42,43)39-22-32(26(4)40)36(20-34(39)28-8-7-9-29(37)19-28)31-10-5-6-11-33(31)38(35(36)41)21-27-17-24(2)16-25(3)18-27/h5-20,32H,21-22H2,1-4H3/t32-,36+/m0/s1. The average molecular weight is 625 g/mol. The van der Waals surface area contributed by atoms with Crippen LogP contribution in [0.25, 0.3) is 5.70 Å². The van der Waals surface area contributed by atoms with Gasteiger partial charge in [0.25, 0.3) is 10.0 Å². The summed E-state index contributed by atoms with van der Waals surface area (Å²) in [5.74, 6) is -1.50. The fourth-order valence-corrected chi connectivity index (χ4v) is 8.36. The highest BCUT2D eigenvalue weighted by Gasteiger charge is 2.59. The Hall–Kier alpha value is -4.20. The Balaban J connectivity index is 1.59. The van der Waals surface area contributed by atoms with Gasteiger partial charge in [0.05, 0.1) is 23.1 Å². The number of hydrogen-bond acceptors (Lipinski definition) is 4. The predicted octanol–water partition coefficient (Wildman–Crippen LogP) is 7.00. The molecule has 2 aliphatic heterocycles. The van der Waals surface area contributed by atoms with E-state index in [0.717, 1.165) is 22.3 Å². The van der Waals surface area contributed by atoms with Crippen LogP contribution in [0.3, 0.4) is 0 Å². The van der Waals surface area contributed by atoms with Crippen molar-refractivity contribution in [2.75, 3.05) is 11.4 Å². The second-order valence-electron chi connectivity index (χ2n) is 11.8. The van der Waals surface area contributed by atoms with E-state index in [1.54, 1.807) is 59.5 Å². The summed E-state index contributed by atoms with van der Waals surface area (Å²) in [5, 5.41) is 0.424. The summed E-state index contributed by atoms with van der Waals surface area (Å²) < 4.78 is 29.8. The smallest absolute Gasteiger partial charge is 0.264 e. The van der Waals surface area contributed by atoms with Crippen LogP contribution >= 0.6 is 11.6 Å². The molecule has 224 valence electrons. The zero-order chi connectivity index (χ0) is 31.4. The van der Waals surface area contributed by atoms with Crippen LogP contribution < -0.4 is 4.90 Å². The molecule has 0 radical (unpaired) electrons. The van der Waals surface area contributed by atoms with Crippen LogP contribution in [0.2, 0.25) is 5.02 Å². The SMILES string of the molecule is CC(=O)[C@@H]1CN(S(=O)(=O)c2ccc(C)cc2)C(c2cccc(Cl)c2)=C[C@]12C(=O)N(Cc1cc(C)cc(C)c1)c1ccccc12. The first kappa shape index (κ1) is 29.9. The summed E-state index contributed by atoms with van der Waals surface area (Å²) in [6.07, 6.45) is 1.70. The molecule has 0 saturated heterocycles. The van der Waals surface area contributed by atoms with Crippen molar-refractivity contribution in [1.82, 2.24) is 4.31 Å². The molecular formula is C36H33ClN2O4S. The van der Waals surface area contributed by atoms with Gasteiger partial charge in [-0.2, -0.15) is 0 Å². The fraction of sp³-hybridized carbons (Fsp3) is 0.222. The normalized spacial score (nSPS) is 19.7. The van der Waals surface area contributed by atoms with Crippen molar-refractivity contribution in [3.8, 4) is 0 Å². The topological polar surface area (TPSA) is 74.8 Å². The number of amides is 1. The molecule has 1 amide bonds. The van der Waals surface area contributed by atoms with E-state index in [4.69, 9.17) is 11.6 Å². The Morgan fingerprint density at radius 2 is 1.57 bits per heavy atom. The van der Waals surface area contributed by atoms with Crippen molar-refractivity contribution >= 4 is 44.7 Å². The average Bonchev–Trinajstić information content (AvgIpc) is 3.19. The molecule has 4 aromatic rings. The number of ketones is 1. The minimum atomic E-state index is -4.12. The maximum absolute atomic E-state index is 14.9. The van der Waals surface area contributed by atoms with Gasteiger partial charge in [-0.25, -0.2) is 8.42 Å². The minimum absolute atomic E-state index is 0.101. The Bertz CT molecular complexity index is 1930. The lowest BCUT2D eigenvalue weighted by Gasteiger charge is -2.43. The number of carbonyl (C=O) groups excluding carboxylic acids is 2. The third-order valence-electron chi connectivity index (χ3n) is 8.61. The van der Waals surface area contributed by atoms with Gasteiger partial charge >= 0.3 is 0 Å². The highest BCUT2D eigenvalue weighted by molar-refractivity contribution is 7.89. The lowest BCUT2D eigenvalue weighted by Crippen LogP contribution is -2.54. The second-order valence-corrected chi connectivity index (χ2v) is 14.1. The molecule has 6 rings (SSSR count). The number of nitrogens with zero attached hydrogens (tertiary/aromatic N) is 2. The fourth-order valence-electron chi connectivity index (χ4n) is 6.67. The Morgan fingerprint density at radius 3 is 2.23 bits per heavy atom. The molecule has 0 fully saturated rings. The van der Waals surface area contributed by atoms with Gasteiger partial charge in [0.2, 0.25) is 5.91 Å². The Kier molecular flexibility index (Phi) is 7.50. The second kappa shape index (κ2) is 11.1. The summed E-state index contributed by atoms with van der Waals surface area (Å²) >= 11 is 6.41. The number of rotatable bonds is 6. The molecule has 0 N–H and O–H groups in total. The Labute approximate surface area is 263 Å². The molecule has 0 aromatic heterocycles. The highest BCUT2D eigenvalue weighted by atomic mass is 35.5. The van der Waals surface area contributed by atoms with Gasteiger partial charge in [0.1, 0.15) is 11.2 Å². The summed E-state index contributed by atoms with van der Waals surface area (Å²) in [4.78, 5) is 30.3. The van der Waals surface area contributed by atoms with E-state index >= 15 is 0 Å². The van der Waals surface area contributed by atoms with E-state index in [2.05, 4.69) is 18.2 Å². The number of fused-ring (bicyclic) bond motifs is 2. The molecule has 8 heteroatoms. The van der Waals surface area contributed by atoms with E-state index in [0.29, 0.717) is 34.1 Å². The molecule has 0 aliphatic carbocycles.